The van der Waals surface area contributed by atoms with Gasteiger partial charge in [0.25, 0.3) is 0 Å². The molecule has 0 aliphatic heterocycles. The van der Waals surface area contributed by atoms with Gasteiger partial charge >= 0.3 is 5.97 Å². The average molecular weight is 257 g/mol. The van der Waals surface area contributed by atoms with E-state index in [9.17, 15) is 13.2 Å². The number of aliphatic carboxylic acids is 1. The second-order valence-electron chi connectivity index (χ2n) is 3.62. The van der Waals surface area contributed by atoms with Crippen molar-refractivity contribution in [3.05, 3.63) is 35.9 Å². The third kappa shape index (κ3) is 6.03. The molecule has 0 aromatic heterocycles. The van der Waals surface area contributed by atoms with Crippen molar-refractivity contribution in [2.24, 2.45) is 0 Å². The Kier molecular flexibility index (Phi) is 5.11. The number of rotatable bonds is 7. The molecule has 0 amide bonds. The standard InChI is InChI=1S/C11H15NO4S/c13-11(14)9-12-17(15,16)8-4-7-10-5-2-1-3-6-10/h1-3,5-6,12H,4,7-9H2,(H,13,14). The first-order valence-corrected chi connectivity index (χ1v) is 6.88. The number of hydrogen-bond donors (Lipinski definition) is 2. The molecule has 0 radical (unpaired) electrons. The fraction of sp³-hybridized carbons (Fsp3) is 0.364. The molecule has 1 aromatic carbocycles. The van der Waals surface area contributed by atoms with E-state index in [1.807, 2.05) is 35.1 Å². The normalized spacial score (nSPS) is 11.3. The maximum Gasteiger partial charge on any atom is 0.318 e. The number of hydrogen-bond acceptors (Lipinski definition) is 3. The predicted molar refractivity (Wildman–Crippen MR) is 64.2 cm³/mol. The van der Waals surface area contributed by atoms with Crippen LogP contribution < -0.4 is 4.72 Å². The lowest BCUT2D eigenvalue weighted by atomic mass is 10.1. The summed E-state index contributed by atoms with van der Waals surface area (Å²) in [5.41, 5.74) is 1.07. The third-order valence-corrected chi connectivity index (χ3v) is 3.57. The summed E-state index contributed by atoms with van der Waals surface area (Å²) in [6.07, 6.45) is 1.13. The van der Waals surface area contributed by atoms with E-state index in [0.717, 1.165) is 5.56 Å². The molecule has 0 unspecified atom stereocenters. The highest BCUT2D eigenvalue weighted by molar-refractivity contribution is 7.89. The minimum absolute atomic E-state index is 0.0603. The van der Waals surface area contributed by atoms with Gasteiger partial charge in [-0.1, -0.05) is 30.3 Å². The summed E-state index contributed by atoms with van der Waals surface area (Å²) in [5.74, 6) is -1.24. The second kappa shape index (κ2) is 6.36. The molecule has 0 atom stereocenters. The molecule has 5 nitrogen and oxygen atoms in total. The molecule has 94 valence electrons. The van der Waals surface area contributed by atoms with E-state index < -0.39 is 22.5 Å². The minimum Gasteiger partial charge on any atom is -0.480 e. The van der Waals surface area contributed by atoms with Crippen molar-refractivity contribution >= 4 is 16.0 Å². The van der Waals surface area contributed by atoms with Crippen molar-refractivity contribution in [1.29, 1.82) is 0 Å². The molecule has 6 heteroatoms. The largest absolute Gasteiger partial charge is 0.480 e. The summed E-state index contributed by atoms with van der Waals surface area (Å²) >= 11 is 0. The molecular formula is C11H15NO4S. The van der Waals surface area contributed by atoms with Gasteiger partial charge in [-0.2, -0.15) is 0 Å². The van der Waals surface area contributed by atoms with Crippen LogP contribution in [0.5, 0.6) is 0 Å². The zero-order chi connectivity index (χ0) is 12.7. The van der Waals surface area contributed by atoms with E-state index in [1.54, 1.807) is 0 Å². The summed E-state index contributed by atoms with van der Waals surface area (Å²) in [5, 5.41) is 8.35. The van der Waals surface area contributed by atoms with E-state index in [4.69, 9.17) is 5.11 Å². The fourth-order valence-electron chi connectivity index (χ4n) is 1.35. The zero-order valence-electron chi connectivity index (χ0n) is 9.30. The quantitative estimate of drug-likeness (QED) is 0.750. The topological polar surface area (TPSA) is 83.5 Å². The lowest BCUT2D eigenvalue weighted by Gasteiger charge is -2.04. The molecule has 0 heterocycles. The first-order chi connectivity index (χ1) is 7.99. The van der Waals surface area contributed by atoms with Gasteiger partial charge in [0, 0.05) is 0 Å². The summed E-state index contributed by atoms with van der Waals surface area (Å²) in [7, 11) is -3.48. The van der Waals surface area contributed by atoms with Crippen molar-refractivity contribution in [2.45, 2.75) is 12.8 Å². The molecule has 0 aliphatic carbocycles. The van der Waals surface area contributed by atoms with Gasteiger partial charge in [0.1, 0.15) is 6.54 Å². The maximum absolute atomic E-state index is 11.4. The van der Waals surface area contributed by atoms with Gasteiger partial charge in [-0.25, -0.2) is 13.1 Å². The molecule has 0 saturated heterocycles. The molecular weight excluding hydrogens is 242 g/mol. The van der Waals surface area contributed by atoms with E-state index in [2.05, 4.69) is 0 Å². The number of nitrogens with one attached hydrogen (secondary N) is 1. The fourth-order valence-corrected chi connectivity index (χ4v) is 2.37. The molecule has 0 saturated carbocycles. The Labute approximate surface area is 101 Å². The molecule has 17 heavy (non-hydrogen) atoms. The van der Waals surface area contributed by atoms with Gasteiger partial charge in [-0.3, -0.25) is 4.79 Å². The number of carboxylic acid groups (broad SMARTS) is 1. The first-order valence-electron chi connectivity index (χ1n) is 5.23. The van der Waals surface area contributed by atoms with E-state index in [0.29, 0.717) is 12.8 Å². The SMILES string of the molecule is O=C(O)CNS(=O)(=O)CCCc1ccccc1. The average Bonchev–Trinajstić information content (AvgIpc) is 2.28. The molecule has 0 bridgehead atoms. The second-order valence-corrected chi connectivity index (χ2v) is 5.55. The number of carbonyl (C=O) groups is 1. The van der Waals surface area contributed by atoms with E-state index >= 15 is 0 Å². The van der Waals surface area contributed by atoms with Crippen molar-refractivity contribution in [3.63, 3.8) is 0 Å². The van der Waals surface area contributed by atoms with Crippen molar-refractivity contribution < 1.29 is 18.3 Å². The van der Waals surface area contributed by atoms with Crippen LogP contribution in [-0.4, -0.2) is 31.8 Å². The third-order valence-electron chi connectivity index (χ3n) is 2.16. The summed E-state index contributed by atoms with van der Waals surface area (Å²) < 4.78 is 24.7. The Morgan fingerprint density at radius 3 is 2.47 bits per heavy atom. The van der Waals surface area contributed by atoms with Crippen LogP contribution in [0.4, 0.5) is 0 Å². The summed E-state index contributed by atoms with van der Waals surface area (Å²) in [4.78, 5) is 10.2. The highest BCUT2D eigenvalue weighted by atomic mass is 32.2. The number of aryl methyl sites for hydroxylation is 1. The van der Waals surface area contributed by atoms with Gasteiger partial charge in [-0.15, -0.1) is 0 Å². The molecule has 0 aliphatic rings. The Balaban J connectivity index is 2.33. The van der Waals surface area contributed by atoms with Crippen molar-refractivity contribution in [3.8, 4) is 0 Å². The zero-order valence-corrected chi connectivity index (χ0v) is 10.1. The maximum atomic E-state index is 11.4. The number of sulfonamides is 1. The van der Waals surface area contributed by atoms with Gasteiger partial charge in [-0.05, 0) is 18.4 Å². The molecule has 0 spiro atoms. The molecule has 2 N–H and O–H groups in total. The van der Waals surface area contributed by atoms with Gasteiger partial charge in [0.15, 0.2) is 0 Å². The van der Waals surface area contributed by atoms with Crippen LogP contribution in [-0.2, 0) is 21.2 Å². The lowest BCUT2D eigenvalue weighted by Crippen LogP contribution is -2.31. The van der Waals surface area contributed by atoms with Crippen molar-refractivity contribution in [2.75, 3.05) is 12.3 Å². The Morgan fingerprint density at radius 2 is 1.88 bits per heavy atom. The number of carboxylic acids is 1. The lowest BCUT2D eigenvalue weighted by molar-refractivity contribution is -0.135. The van der Waals surface area contributed by atoms with Crippen LogP contribution >= 0.6 is 0 Å². The Morgan fingerprint density at radius 1 is 1.24 bits per heavy atom. The van der Waals surface area contributed by atoms with Crippen LogP contribution in [0.15, 0.2) is 30.3 Å². The van der Waals surface area contributed by atoms with Gasteiger partial charge < -0.3 is 5.11 Å². The van der Waals surface area contributed by atoms with Crippen molar-refractivity contribution in [1.82, 2.24) is 4.72 Å². The summed E-state index contributed by atoms with van der Waals surface area (Å²) in [6, 6.07) is 9.54. The number of benzene rings is 1. The van der Waals surface area contributed by atoms with Crippen LogP contribution in [0.2, 0.25) is 0 Å². The Bertz CT molecular complexity index is 456. The monoisotopic (exact) mass is 257 g/mol. The molecule has 1 rings (SSSR count). The van der Waals surface area contributed by atoms with Crippen LogP contribution in [0.25, 0.3) is 0 Å². The summed E-state index contributed by atoms with van der Waals surface area (Å²) in [6.45, 7) is -0.562. The Hall–Kier alpha value is -1.40. The highest BCUT2D eigenvalue weighted by Gasteiger charge is 2.11. The van der Waals surface area contributed by atoms with Crippen LogP contribution in [0, 0.1) is 0 Å². The minimum atomic E-state index is -3.48. The van der Waals surface area contributed by atoms with Gasteiger partial charge in [0.2, 0.25) is 10.0 Å². The first kappa shape index (κ1) is 13.7. The van der Waals surface area contributed by atoms with E-state index in [1.165, 1.54) is 0 Å². The molecule has 0 fully saturated rings. The predicted octanol–water partition coefficient (Wildman–Crippen LogP) is 0.623. The highest BCUT2D eigenvalue weighted by Crippen LogP contribution is 2.03. The smallest absolute Gasteiger partial charge is 0.318 e. The van der Waals surface area contributed by atoms with Gasteiger partial charge in [0.05, 0.1) is 5.75 Å². The van der Waals surface area contributed by atoms with Crippen LogP contribution in [0.1, 0.15) is 12.0 Å². The van der Waals surface area contributed by atoms with Crippen LogP contribution in [0.3, 0.4) is 0 Å². The van der Waals surface area contributed by atoms with E-state index in [-0.39, 0.29) is 5.75 Å². The molecule has 1 aromatic rings.